The topological polar surface area (TPSA) is 142 Å². The van der Waals surface area contributed by atoms with E-state index in [0.29, 0.717) is 24.3 Å². The summed E-state index contributed by atoms with van der Waals surface area (Å²) in [6.45, 7) is 0. The molecule has 33 heteroatoms. The first-order valence-electron chi connectivity index (χ1n) is 18.3. The van der Waals surface area contributed by atoms with Gasteiger partial charge in [-0.1, -0.05) is 0 Å². The molecule has 73 heavy (non-hydrogen) atoms. The van der Waals surface area contributed by atoms with Crippen LogP contribution in [0.5, 0.6) is 34.5 Å². The Hall–Kier alpha value is -8.48. The summed E-state index contributed by atoms with van der Waals surface area (Å²) in [4.78, 5) is 30.1. The quantitative estimate of drug-likeness (QED) is 0.0619. The number of ether oxygens (including phenoxy) is 4. The fourth-order valence-electron chi connectivity index (χ4n) is 5.93. The third-order valence-corrected chi connectivity index (χ3v) is 9.21. The van der Waals surface area contributed by atoms with Crippen molar-refractivity contribution in [3.05, 3.63) is 152 Å². The van der Waals surface area contributed by atoms with Gasteiger partial charge in [0.2, 0.25) is 139 Å². The van der Waals surface area contributed by atoms with Crippen molar-refractivity contribution in [2.24, 2.45) is 0 Å². The number of aromatic nitrogens is 8. The molecule has 1 radical (unpaired) electrons. The van der Waals surface area contributed by atoms with Crippen molar-refractivity contribution in [1.82, 2.24) is 39.9 Å². The van der Waals surface area contributed by atoms with Crippen molar-refractivity contribution in [3.8, 4) is 34.5 Å². The normalized spacial score (nSPS) is 12.2. The molecule has 379 valence electrons. The molecule has 9 rings (SSSR count). The number of rotatable bonds is 8. The van der Waals surface area contributed by atoms with Gasteiger partial charge in [-0.25, -0.2) is 62.7 Å². The average Bonchev–Trinajstić information content (AvgIpc) is 4.14. The van der Waals surface area contributed by atoms with E-state index in [4.69, 9.17) is 18.9 Å². The van der Waals surface area contributed by atoms with Gasteiger partial charge in [0.25, 0.3) is 0 Å². The summed E-state index contributed by atoms with van der Waals surface area (Å²) in [6, 6.07) is 0.842. The van der Waals surface area contributed by atoms with Crippen LogP contribution in [0.25, 0.3) is 46.3 Å². The van der Waals surface area contributed by atoms with E-state index in [1.807, 2.05) is 0 Å². The molecule has 0 spiro atoms. The molecule has 5 heterocycles. The summed E-state index contributed by atoms with van der Waals surface area (Å²) in [7, 11) is 0. The number of nitrogens with zero attached hydrogens (tertiary/aromatic N) is 8. The average molecular weight is 1100 g/mol. The zero-order valence-corrected chi connectivity index (χ0v) is 34.3. The van der Waals surface area contributed by atoms with Crippen LogP contribution in [0.1, 0.15) is 23.3 Å². The zero-order chi connectivity index (χ0) is 52.1. The molecular weight excluding hydrogens is 1100 g/mol. The molecule has 0 N–H and O–H groups in total. The molecule has 2 aliphatic heterocycles. The Morgan fingerprint density at radius 2 is 0.521 bits per heavy atom. The van der Waals surface area contributed by atoms with Gasteiger partial charge in [0.1, 0.15) is 23.1 Å². The Bertz CT molecular complexity index is 3460. The molecule has 0 aliphatic carbocycles. The first kappa shape index (κ1) is 50.9. The predicted molar refractivity (Wildman–Crippen MR) is 192 cm³/mol. The van der Waals surface area contributed by atoms with Crippen LogP contribution < -0.4 is 28.9 Å². The van der Waals surface area contributed by atoms with Crippen molar-refractivity contribution >= 4 is 46.3 Å². The first-order chi connectivity index (χ1) is 33.9. The Kier molecular flexibility index (Phi) is 13.0. The monoisotopic (exact) mass is 1100 g/mol. The van der Waals surface area contributed by atoms with Gasteiger partial charge in [0, 0.05) is 23.4 Å². The SMILES string of the molecule is Fc1c(F)c(F)c(OC2=Cc3nc2nc2[n-]c(cc2Oc2c(F)c(F)c(F)c(F)c2F)nc2nc(nc4[n-]c(cc4Oc4c(F)c(F)c(F)c(F)c4F)n3)C(Oc3c(F)c(F)c(F)c(F)c3F)=C2)c(F)c1F.[Cu+2]. The Labute approximate surface area is 395 Å². The number of fused-ring (bicyclic) bond motifs is 8. The zero-order valence-electron chi connectivity index (χ0n) is 33.4. The van der Waals surface area contributed by atoms with Crippen molar-refractivity contribution in [2.45, 2.75) is 0 Å². The third-order valence-electron chi connectivity index (χ3n) is 9.21. The van der Waals surface area contributed by atoms with E-state index in [1.165, 1.54) is 0 Å². The van der Waals surface area contributed by atoms with Crippen molar-refractivity contribution in [2.75, 3.05) is 0 Å². The van der Waals surface area contributed by atoms with Crippen LogP contribution in [0.4, 0.5) is 87.8 Å². The number of hydrogen-bond acceptors (Lipinski definition) is 10. The van der Waals surface area contributed by atoms with Crippen molar-refractivity contribution < 1.29 is 124 Å². The van der Waals surface area contributed by atoms with E-state index >= 15 is 0 Å². The minimum absolute atomic E-state index is 0. The van der Waals surface area contributed by atoms with Gasteiger partial charge < -0.3 is 48.9 Å². The Balaban J connectivity index is 0.00000711. The molecule has 8 bridgehead atoms. The fourth-order valence-corrected chi connectivity index (χ4v) is 5.93. The van der Waals surface area contributed by atoms with E-state index in [9.17, 15) is 87.8 Å². The summed E-state index contributed by atoms with van der Waals surface area (Å²) in [5.74, 6) is -70.0. The minimum Gasteiger partial charge on any atom is -0.450 e. The smallest absolute Gasteiger partial charge is 0.450 e. The largest absolute Gasteiger partial charge is 2.00 e. The molecule has 0 amide bonds. The van der Waals surface area contributed by atoms with Crippen LogP contribution >= 0.6 is 0 Å². The maximum absolute atomic E-state index is 14.9. The second-order valence-corrected chi connectivity index (χ2v) is 13.7. The molecule has 7 aromatic rings. The third kappa shape index (κ3) is 8.57. The van der Waals surface area contributed by atoms with E-state index in [1.54, 1.807) is 0 Å². The molecule has 0 saturated heterocycles. The summed E-state index contributed by atoms with van der Waals surface area (Å²) >= 11 is 0. The summed E-state index contributed by atoms with van der Waals surface area (Å²) < 4.78 is 309. The van der Waals surface area contributed by atoms with Crippen LogP contribution in [-0.4, -0.2) is 29.9 Å². The van der Waals surface area contributed by atoms with Gasteiger partial charge in [0.05, 0.1) is 22.9 Å². The molecule has 4 aromatic carbocycles. The standard InChI is InChI=1S/C40H4F20N8O4.Cu/c41-13-17(45)25(53)33(26(54)18(13)46)69-5-1-9-61-10-2-6(70-34-27(55)19(47)14(42)20(48)28(34)56)39(64-10)68-40-8(72-36-31(59)23(51)16(44)24(52)32(36)60)4-12(66-40)62-11-3-7(38(65-11)67-37(5)63-9)71-35-29(57)21(49)15(43)22(50)30(35)58;/h1-4H;/q-2;+2. The number of halogens is 20. The molecule has 0 saturated carbocycles. The van der Waals surface area contributed by atoms with E-state index in [2.05, 4.69) is 39.9 Å². The van der Waals surface area contributed by atoms with E-state index in [-0.39, 0.29) is 17.1 Å². The fraction of sp³-hybridized carbons (Fsp3) is 0. The molecular formula is C40H4CuF20N8O4. The van der Waals surface area contributed by atoms with E-state index < -0.39 is 208 Å². The second kappa shape index (κ2) is 18.6. The van der Waals surface area contributed by atoms with E-state index in [0.717, 1.165) is 0 Å². The number of hydrogen-bond donors (Lipinski definition) is 0. The summed E-state index contributed by atoms with van der Waals surface area (Å²) in [5.41, 5.74) is -4.32. The molecule has 3 aromatic heterocycles. The molecule has 0 fully saturated rings. The van der Waals surface area contributed by atoms with Crippen molar-refractivity contribution in [3.63, 3.8) is 0 Å². The van der Waals surface area contributed by atoms with Crippen LogP contribution in [0.15, 0.2) is 12.1 Å². The van der Waals surface area contributed by atoms with Crippen LogP contribution in [0.3, 0.4) is 0 Å². The maximum Gasteiger partial charge on any atom is 2.00 e. The first-order valence-corrected chi connectivity index (χ1v) is 18.3. The minimum atomic E-state index is -2.68. The number of benzene rings is 4. The molecule has 0 atom stereocenters. The second-order valence-electron chi connectivity index (χ2n) is 13.7. The Morgan fingerprint density at radius 3 is 0.781 bits per heavy atom. The van der Waals surface area contributed by atoms with Gasteiger partial charge in [-0.3, -0.25) is 0 Å². The van der Waals surface area contributed by atoms with Gasteiger partial charge in [-0.05, 0) is 12.1 Å². The van der Waals surface area contributed by atoms with Crippen LogP contribution in [0.2, 0.25) is 0 Å². The summed E-state index contributed by atoms with van der Waals surface area (Å²) in [5, 5.41) is 0. The molecule has 0 unspecified atom stereocenters. The maximum atomic E-state index is 14.9. The van der Waals surface area contributed by atoms with Gasteiger partial charge in [0.15, 0.2) is 11.5 Å². The van der Waals surface area contributed by atoms with Crippen LogP contribution in [-0.2, 0) is 17.1 Å². The predicted octanol–water partition coefficient (Wildman–Crippen LogP) is 10.7. The van der Waals surface area contributed by atoms with Gasteiger partial charge >= 0.3 is 17.1 Å². The molecule has 12 nitrogen and oxygen atoms in total. The molecule has 2 aliphatic rings. The van der Waals surface area contributed by atoms with Gasteiger partial charge in [-0.15, -0.1) is 0 Å². The van der Waals surface area contributed by atoms with Gasteiger partial charge in [-0.2, -0.15) is 35.1 Å². The van der Waals surface area contributed by atoms with Crippen molar-refractivity contribution in [1.29, 1.82) is 0 Å². The van der Waals surface area contributed by atoms with Crippen LogP contribution in [0, 0.1) is 116 Å². The Morgan fingerprint density at radius 1 is 0.288 bits per heavy atom. The summed E-state index contributed by atoms with van der Waals surface area (Å²) in [6.07, 6.45) is 0.842.